The van der Waals surface area contributed by atoms with E-state index < -0.39 is 18.1 Å². The van der Waals surface area contributed by atoms with Crippen molar-refractivity contribution in [1.29, 1.82) is 0 Å². The van der Waals surface area contributed by atoms with Crippen molar-refractivity contribution in [3.8, 4) is 0 Å². The summed E-state index contributed by atoms with van der Waals surface area (Å²) < 4.78 is 38.6. The monoisotopic (exact) mass is 286 g/mol. The Bertz CT molecular complexity index is 505. The molecule has 0 radical (unpaired) electrons. The van der Waals surface area contributed by atoms with Gasteiger partial charge in [-0.2, -0.15) is 13.2 Å². The summed E-state index contributed by atoms with van der Waals surface area (Å²) in [7, 11) is 0. The van der Waals surface area contributed by atoms with Gasteiger partial charge in [0.05, 0.1) is 12.0 Å². The number of aromatic nitrogens is 1. The highest BCUT2D eigenvalue weighted by molar-refractivity contribution is 5.77. The third-order valence-corrected chi connectivity index (χ3v) is 3.62. The van der Waals surface area contributed by atoms with Crippen LogP contribution in [0.15, 0.2) is 18.5 Å². The number of aldehydes is 1. The second-order valence-electron chi connectivity index (χ2n) is 4.74. The van der Waals surface area contributed by atoms with Crippen LogP contribution in [0.4, 0.5) is 13.2 Å². The second kappa shape index (κ2) is 5.60. The van der Waals surface area contributed by atoms with Gasteiger partial charge in [-0.1, -0.05) is 0 Å². The minimum Gasteiger partial charge on any atom is -0.338 e. The largest absolute Gasteiger partial charge is 0.391 e. The minimum absolute atomic E-state index is 0.0194. The first-order chi connectivity index (χ1) is 9.47. The Morgan fingerprint density at radius 2 is 2.10 bits per heavy atom. The molecule has 0 N–H and O–H groups in total. The zero-order valence-electron chi connectivity index (χ0n) is 10.5. The number of pyridine rings is 1. The number of rotatable bonds is 3. The van der Waals surface area contributed by atoms with E-state index in [1.807, 2.05) is 0 Å². The molecule has 0 saturated carbocycles. The number of halogens is 3. The number of hydrogen-bond donors (Lipinski definition) is 0. The molecule has 1 saturated heterocycles. The molecule has 1 aromatic rings. The van der Waals surface area contributed by atoms with E-state index >= 15 is 0 Å². The topological polar surface area (TPSA) is 50.3 Å². The number of likely N-dealkylation sites (tertiary alicyclic amines) is 1. The fraction of sp³-hybridized carbons (Fsp3) is 0.462. The standard InChI is InChI=1S/C13H13F3N2O2/c14-13(15,16)10-2-4-18(8-20)12(5-10)11-6-17-3-1-9(11)7-19/h1,3,6-8,10,12H,2,4-5H2. The van der Waals surface area contributed by atoms with Crippen LogP contribution >= 0.6 is 0 Å². The van der Waals surface area contributed by atoms with Gasteiger partial charge in [0.25, 0.3) is 0 Å². The number of alkyl halides is 3. The number of carbonyl (C=O) groups is 2. The molecule has 2 unspecified atom stereocenters. The SMILES string of the molecule is O=Cc1ccncc1C1CC(C(F)(F)F)CCN1C=O. The number of amides is 1. The van der Waals surface area contributed by atoms with Gasteiger partial charge < -0.3 is 4.90 Å². The number of hydrogen-bond acceptors (Lipinski definition) is 3. The van der Waals surface area contributed by atoms with Crippen LogP contribution in [0.2, 0.25) is 0 Å². The van der Waals surface area contributed by atoms with E-state index in [0.29, 0.717) is 18.3 Å². The highest BCUT2D eigenvalue weighted by atomic mass is 19.4. The molecule has 2 heterocycles. The van der Waals surface area contributed by atoms with Crippen molar-refractivity contribution >= 4 is 12.7 Å². The second-order valence-corrected chi connectivity index (χ2v) is 4.74. The Hall–Kier alpha value is -1.92. The lowest BCUT2D eigenvalue weighted by molar-refractivity contribution is -0.190. The molecule has 0 bridgehead atoms. The van der Waals surface area contributed by atoms with Gasteiger partial charge in [0.2, 0.25) is 6.41 Å². The van der Waals surface area contributed by atoms with Gasteiger partial charge in [-0.05, 0) is 18.9 Å². The predicted octanol–water partition coefficient (Wildman–Crippen LogP) is 2.37. The zero-order chi connectivity index (χ0) is 14.8. The molecule has 1 amide bonds. The van der Waals surface area contributed by atoms with Gasteiger partial charge in [0.15, 0.2) is 6.29 Å². The van der Waals surface area contributed by atoms with Gasteiger partial charge in [-0.15, -0.1) is 0 Å². The molecule has 0 spiro atoms. The molecule has 0 aliphatic carbocycles. The quantitative estimate of drug-likeness (QED) is 0.801. The summed E-state index contributed by atoms with van der Waals surface area (Å²) in [5, 5.41) is 0. The number of carbonyl (C=O) groups excluding carboxylic acids is 2. The fourth-order valence-corrected chi connectivity index (χ4v) is 2.52. The van der Waals surface area contributed by atoms with Gasteiger partial charge in [-0.3, -0.25) is 14.6 Å². The van der Waals surface area contributed by atoms with Crippen molar-refractivity contribution in [2.45, 2.75) is 25.1 Å². The lowest BCUT2D eigenvalue weighted by atomic mass is 9.86. The van der Waals surface area contributed by atoms with Crippen molar-refractivity contribution < 1.29 is 22.8 Å². The first-order valence-corrected chi connectivity index (χ1v) is 6.14. The van der Waals surface area contributed by atoms with Crippen LogP contribution in [0, 0.1) is 5.92 Å². The first-order valence-electron chi connectivity index (χ1n) is 6.14. The third-order valence-electron chi connectivity index (χ3n) is 3.62. The van der Waals surface area contributed by atoms with Gasteiger partial charge >= 0.3 is 6.18 Å². The van der Waals surface area contributed by atoms with Crippen molar-refractivity contribution in [1.82, 2.24) is 9.88 Å². The van der Waals surface area contributed by atoms with E-state index in [4.69, 9.17) is 0 Å². The average molecular weight is 286 g/mol. The molecule has 2 atom stereocenters. The fourth-order valence-electron chi connectivity index (χ4n) is 2.52. The van der Waals surface area contributed by atoms with E-state index in [-0.39, 0.29) is 24.9 Å². The maximum atomic E-state index is 12.9. The summed E-state index contributed by atoms with van der Waals surface area (Å²) in [5.41, 5.74) is 0.628. The minimum atomic E-state index is -4.29. The van der Waals surface area contributed by atoms with Gasteiger partial charge in [0.1, 0.15) is 0 Å². The maximum absolute atomic E-state index is 12.9. The molecule has 7 heteroatoms. The Morgan fingerprint density at radius 1 is 1.35 bits per heavy atom. The van der Waals surface area contributed by atoms with Crippen LogP contribution in [0.25, 0.3) is 0 Å². The summed E-state index contributed by atoms with van der Waals surface area (Å²) in [4.78, 5) is 27.2. The Kier molecular flexibility index (Phi) is 4.06. The molecule has 4 nitrogen and oxygen atoms in total. The van der Waals surface area contributed by atoms with E-state index in [1.165, 1.54) is 23.4 Å². The lowest BCUT2D eigenvalue weighted by Gasteiger charge is -2.38. The Labute approximate surface area is 113 Å². The predicted molar refractivity (Wildman–Crippen MR) is 63.9 cm³/mol. The normalized spacial score (nSPS) is 23.4. The van der Waals surface area contributed by atoms with E-state index in [2.05, 4.69) is 4.98 Å². The lowest BCUT2D eigenvalue weighted by Crippen LogP contribution is -2.40. The smallest absolute Gasteiger partial charge is 0.338 e. The van der Waals surface area contributed by atoms with Crippen molar-refractivity contribution in [2.24, 2.45) is 5.92 Å². The van der Waals surface area contributed by atoms with Gasteiger partial charge in [-0.25, -0.2) is 0 Å². The summed E-state index contributed by atoms with van der Waals surface area (Å²) >= 11 is 0. The molecule has 2 rings (SSSR count). The summed E-state index contributed by atoms with van der Waals surface area (Å²) in [5.74, 6) is -1.47. The van der Waals surface area contributed by atoms with Gasteiger partial charge in [0, 0.05) is 30.1 Å². The van der Waals surface area contributed by atoms with Crippen molar-refractivity contribution in [3.63, 3.8) is 0 Å². The highest BCUT2D eigenvalue weighted by Gasteiger charge is 2.44. The molecule has 1 fully saturated rings. The maximum Gasteiger partial charge on any atom is 0.391 e. The molecule has 1 aromatic heterocycles. The summed E-state index contributed by atoms with van der Waals surface area (Å²) in [6, 6.07) is 0.671. The van der Waals surface area contributed by atoms with E-state index in [1.54, 1.807) is 0 Å². The number of nitrogens with zero attached hydrogens (tertiary/aromatic N) is 2. The number of piperidine rings is 1. The molecule has 0 aromatic carbocycles. The summed E-state index contributed by atoms with van der Waals surface area (Å²) in [6.07, 6.45) is -0.816. The summed E-state index contributed by atoms with van der Waals surface area (Å²) in [6.45, 7) is 0.0194. The van der Waals surface area contributed by atoms with E-state index in [9.17, 15) is 22.8 Å². The van der Waals surface area contributed by atoms with Crippen molar-refractivity contribution in [3.05, 3.63) is 29.6 Å². The van der Waals surface area contributed by atoms with Crippen molar-refractivity contribution in [2.75, 3.05) is 6.54 Å². The zero-order valence-corrected chi connectivity index (χ0v) is 10.5. The molecule has 1 aliphatic heterocycles. The van der Waals surface area contributed by atoms with Crippen LogP contribution < -0.4 is 0 Å². The molecular weight excluding hydrogens is 273 g/mol. The van der Waals surface area contributed by atoms with Crippen LogP contribution in [-0.4, -0.2) is 35.3 Å². The average Bonchev–Trinajstić information content (AvgIpc) is 2.45. The van der Waals surface area contributed by atoms with E-state index in [0.717, 1.165) is 0 Å². The Balaban J connectivity index is 2.34. The molecule has 1 aliphatic rings. The first kappa shape index (κ1) is 14.5. The molecular formula is C13H13F3N2O2. The van der Waals surface area contributed by atoms with Crippen LogP contribution in [0.5, 0.6) is 0 Å². The third kappa shape index (κ3) is 2.81. The van der Waals surface area contributed by atoms with Crippen LogP contribution in [0.3, 0.4) is 0 Å². The molecule has 20 heavy (non-hydrogen) atoms. The molecule has 108 valence electrons. The Morgan fingerprint density at radius 3 is 2.70 bits per heavy atom. The highest BCUT2D eigenvalue weighted by Crippen LogP contribution is 2.41. The van der Waals surface area contributed by atoms with Crippen LogP contribution in [0.1, 0.15) is 34.8 Å². The van der Waals surface area contributed by atoms with Crippen LogP contribution in [-0.2, 0) is 4.79 Å².